The first-order valence-electron chi connectivity index (χ1n) is 10.5. The van der Waals surface area contributed by atoms with E-state index >= 15 is 0 Å². The Labute approximate surface area is 216 Å². The largest absolute Gasteiger partial charge is 0.822 e. The van der Waals surface area contributed by atoms with Crippen LogP contribution < -0.4 is 14.7 Å². The summed E-state index contributed by atoms with van der Waals surface area (Å²) in [6.45, 7) is 24.1. The molecular weight excluding hydrogens is 488 g/mol. The maximum atomic E-state index is 8.55. The predicted octanol–water partition coefficient (Wildman–Crippen LogP) is 1.29. The molecule has 0 N–H and O–H groups in total. The van der Waals surface area contributed by atoms with Gasteiger partial charge in [-0.2, -0.15) is 7.82 Å². The van der Waals surface area contributed by atoms with Gasteiger partial charge in [0.25, 0.3) is 0 Å². The molecule has 14 heteroatoms. The topological polar surface area (TPSA) is 142 Å². The van der Waals surface area contributed by atoms with Crippen molar-refractivity contribution in [3.8, 4) is 0 Å². The van der Waals surface area contributed by atoms with E-state index < -0.39 is 7.82 Å². The van der Waals surface area contributed by atoms with Crippen LogP contribution in [0, 0.1) is 0 Å². The molecule has 0 unspecified atom stereocenters. The van der Waals surface area contributed by atoms with Crippen LogP contribution in [0.25, 0.3) is 0 Å². The number of rotatable bonds is 12. The molecule has 0 aromatic heterocycles. The summed E-state index contributed by atoms with van der Waals surface area (Å²) in [4.78, 5) is 25.6. The van der Waals surface area contributed by atoms with Crippen LogP contribution >= 0.6 is 7.82 Å². The van der Waals surface area contributed by atoms with Gasteiger partial charge in [-0.15, -0.1) is 0 Å². The summed E-state index contributed by atoms with van der Waals surface area (Å²) in [5, 5.41) is 0. The van der Waals surface area contributed by atoms with Crippen LogP contribution in [0.15, 0.2) is 0 Å². The Morgan fingerprint density at radius 3 is 0.594 bits per heavy atom. The Hall–Kier alpha value is 1.47. The van der Waals surface area contributed by atoms with Crippen molar-refractivity contribution < 1.29 is 42.0 Å². The van der Waals surface area contributed by atoms with Gasteiger partial charge in [-0.3, -0.25) is 0 Å². The van der Waals surface area contributed by atoms with Gasteiger partial charge >= 0.3 is 190 Å². The van der Waals surface area contributed by atoms with E-state index in [9.17, 15) is 0 Å². The molecule has 32 heavy (non-hydrogen) atoms. The van der Waals surface area contributed by atoms with E-state index in [1.54, 1.807) is 0 Å². The molecule has 0 bridgehead atoms. The molecule has 0 aromatic carbocycles. The minimum absolute atomic E-state index is 0.245. The van der Waals surface area contributed by atoms with E-state index in [0.717, 1.165) is 0 Å². The molecule has 0 heterocycles. The summed E-state index contributed by atoms with van der Waals surface area (Å²) in [6.07, 6.45) is 1.83. The summed E-state index contributed by atoms with van der Waals surface area (Å²) in [5.41, 5.74) is 0. The summed E-state index contributed by atoms with van der Waals surface area (Å²) in [5.74, 6) is 0. The van der Waals surface area contributed by atoms with Gasteiger partial charge in [0.05, 0.1) is 0 Å². The normalized spacial score (nSPS) is 10.7. The molecule has 0 saturated carbocycles. The van der Waals surface area contributed by atoms with Crippen LogP contribution in [-0.2, 0) is 27.3 Å². The van der Waals surface area contributed by atoms with Crippen LogP contribution in [0.3, 0.4) is 0 Å². The molecule has 0 aliphatic rings. The second-order valence-corrected chi connectivity index (χ2v) is 10.9. The average molecular weight is 530 g/mol. The van der Waals surface area contributed by atoms with E-state index in [-0.39, 0.29) is 47.7 Å². The van der Waals surface area contributed by atoms with Crippen molar-refractivity contribution in [2.45, 2.75) is 120 Å². The first-order valence-corrected chi connectivity index (χ1v) is 14.8. The SMILES string of the molecule is CC(C)[O][Al+][O]C(C)C.CC(C)[O][Al+][O]C(C)C.CC(C)[O][Al+][O]C(C)C.O=P([O-])([O-])[O-]. The van der Waals surface area contributed by atoms with Crippen LogP contribution in [-0.4, -0.2) is 84.3 Å². The summed E-state index contributed by atoms with van der Waals surface area (Å²) in [6, 6.07) is 0. The molecule has 0 amide bonds. The minimum Gasteiger partial charge on any atom is -0.822 e. The van der Waals surface area contributed by atoms with Crippen LogP contribution in [0.2, 0.25) is 0 Å². The third kappa shape index (κ3) is 77.1. The van der Waals surface area contributed by atoms with Gasteiger partial charge in [0.15, 0.2) is 0 Å². The fourth-order valence-electron chi connectivity index (χ4n) is 0.763. The number of hydrogen-bond acceptors (Lipinski definition) is 10. The molecule has 10 nitrogen and oxygen atoms in total. The summed E-state index contributed by atoms with van der Waals surface area (Å²) < 4.78 is 39.8. The number of phosphoric acid groups is 1. The van der Waals surface area contributed by atoms with Crippen molar-refractivity contribution in [1.29, 1.82) is 0 Å². The van der Waals surface area contributed by atoms with Gasteiger partial charge in [0, 0.05) is 0 Å². The zero-order valence-electron chi connectivity index (χ0n) is 21.7. The van der Waals surface area contributed by atoms with Gasteiger partial charge < -0.3 is 19.2 Å². The van der Waals surface area contributed by atoms with Crippen molar-refractivity contribution in [3.05, 3.63) is 0 Å². The third-order valence-corrected chi connectivity index (χ3v) is 5.90. The molecule has 0 fully saturated rings. The van der Waals surface area contributed by atoms with Gasteiger partial charge in [0.1, 0.15) is 0 Å². The van der Waals surface area contributed by atoms with E-state index in [1.165, 1.54) is 0 Å². The van der Waals surface area contributed by atoms with E-state index in [0.29, 0.717) is 36.6 Å². The molecule has 0 rings (SSSR count). The first kappa shape index (κ1) is 40.6. The zero-order valence-corrected chi connectivity index (χ0v) is 26.1. The first-order chi connectivity index (χ1) is 14.4. The van der Waals surface area contributed by atoms with Crippen molar-refractivity contribution in [2.75, 3.05) is 0 Å². The van der Waals surface area contributed by atoms with E-state index in [1.807, 2.05) is 83.1 Å². The molecule has 0 saturated heterocycles. The maximum absolute atomic E-state index is 8.55. The smallest absolute Gasteiger partial charge is 0.159 e. The van der Waals surface area contributed by atoms with Crippen LogP contribution in [0.1, 0.15) is 83.1 Å². The van der Waals surface area contributed by atoms with Gasteiger partial charge in [-0.1, -0.05) is 0 Å². The Bertz CT molecular complexity index is 333. The summed E-state index contributed by atoms with van der Waals surface area (Å²) >= 11 is -0.736. The molecular formula is C18H42Al3O10P. The molecule has 0 radical (unpaired) electrons. The molecule has 188 valence electrons. The second kappa shape index (κ2) is 27.1. The number of hydrogen-bond donors (Lipinski definition) is 0. The molecule has 0 aliphatic carbocycles. The quantitative estimate of drug-likeness (QED) is 0.268. The van der Waals surface area contributed by atoms with Crippen LogP contribution in [0.5, 0.6) is 0 Å². The third-order valence-electron chi connectivity index (χ3n) is 1.97. The van der Waals surface area contributed by atoms with E-state index in [2.05, 4.69) is 0 Å². The van der Waals surface area contributed by atoms with Crippen molar-refractivity contribution in [1.82, 2.24) is 0 Å². The van der Waals surface area contributed by atoms with Crippen LogP contribution in [0.4, 0.5) is 0 Å². The fraction of sp³-hybridized carbons (Fsp3) is 1.00. The monoisotopic (exact) mass is 530 g/mol. The Kier molecular flexibility index (Phi) is 34.4. The average Bonchev–Trinajstić information content (AvgIpc) is 2.52. The second-order valence-electron chi connectivity index (χ2n) is 7.84. The molecule has 0 atom stereocenters. The van der Waals surface area contributed by atoms with Gasteiger partial charge in [-0.25, -0.2) is 0 Å². The molecule has 0 spiro atoms. The van der Waals surface area contributed by atoms with Gasteiger partial charge in [0.2, 0.25) is 0 Å². The Morgan fingerprint density at radius 2 is 0.531 bits per heavy atom. The Morgan fingerprint density at radius 1 is 0.438 bits per heavy atom. The van der Waals surface area contributed by atoms with E-state index in [4.69, 9.17) is 42.0 Å². The summed E-state index contributed by atoms with van der Waals surface area (Å²) in [7, 11) is -5.39. The van der Waals surface area contributed by atoms with Crippen molar-refractivity contribution in [2.24, 2.45) is 0 Å². The molecule has 0 aromatic rings. The Balaban J connectivity index is -0.000000167. The van der Waals surface area contributed by atoms with Crippen molar-refractivity contribution >= 4 is 55.5 Å². The predicted molar refractivity (Wildman–Crippen MR) is 122 cm³/mol. The van der Waals surface area contributed by atoms with Crippen molar-refractivity contribution in [3.63, 3.8) is 0 Å². The van der Waals surface area contributed by atoms with Gasteiger partial charge in [-0.05, 0) is 0 Å². The standard InChI is InChI=1S/6C3H7O.3Al.H3O4P/c6*1-3(2)4;;;;1-5(2,3)4/h6*3H,1-2H3;;;;(H3,1,2,3,4)/q6*-1;3*+3;/p-3. The molecule has 0 aliphatic heterocycles. The fourth-order valence-corrected chi connectivity index (χ4v) is 2.29. The maximum Gasteiger partial charge on any atom is -0.159 e. The zero-order chi connectivity index (χ0) is 26.3. The minimum atomic E-state index is -5.39.